The van der Waals surface area contributed by atoms with Crippen molar-refractivity contribution in [2.45, 2.75) is 82.3 Å². The molecule has 4 aliphatic rings. The average Bonchev–Trinajstić information content (AvgIpc) is 3.72. The zero-order valence-corrected chi connectivity index (χ0v) is 29.9. The van der Waals surface area contributed by atoms with Crippen LogP contribution >= 0.6 is 0 Å². The molecule has 3 heterocycles. The Morgan fingerprint density at radius 3 is 2.47 bits per heavy atom. The summed E-state index contributed by atoms with van der Waals surface area (Å²) in [5.41, 5.74) is 2.52. The third-order valence-electron chi connectivity index (χ3n) is 11.9. The quantitative estimate of drug-likeness (QED) is 0.0454. The van der Waals surface area contributed by atoms with E-state index in [9.17, 15) is 25.2 Å². The Kier molecular flexibility index (Phi) is 12.3. The maximum Gasteiger partial charge on any atom is 0.211 e. The first kappa shape index (κ1) is 37.3. The summed E-state index contributed by atoms with van der Waals surface area (Å²) in [6, 6.07) is 20.5. The van der Waals surface area contributed by atoms with Gasteiger partial charge in [0.15, 0.2) is 0 Å². The molecule has 4 fully saturated rings. The maximum absolute atomic E-state index is 12.0. The molecular formula is C41H56N3O7+. The van der Waals surface area contributed by atoms with Crippen LogP contribution < -0.4 is 15.4 Å². The van der Waals surface area contributed by atoms with E-state index in [1.807, 2.05) is 43.3 Å². The Morgan fingerprint density at radius 2 is 1.75 bits per heavy atom. The van der Waals surface area contributed by atoms with Gasteiger partial charge in [0, 0.05) is 43.3 Å². The predicted molar refractivity (Wildman–Crippen MR) is 196 cm³/mol. The SMILES string of the molecule is C[C@H](NC[C@H](O)c1ccc(O)c(NC=O)c1)c1ccc(OCCC[N+]23CCC(CC2)[C@@H](OCC(O)(c2ccccc2)C2CCCC2)C3)c(CO)c1. The number of aromatic hydroxyl groups is 1. The molecule has 7 rings (SSSR count). The molecule has 10 heteroatoms. The van der Waals surface area contributed by atoms with Crippen LogP contribution in [0.4, 0.5) is 5.69 Å². The van der Waals surface area contributed by atoms with Gasteiger partial charge < -0.3 is 45.0 Å². The van der Waals surface area contributed by atoms with Gasteiger partial charge in [-0.15, -0.1) is 0 Å². The minimum absolute atomic E-state index is 0.0694. The fourth-order valence-electron chi connectivity index (χ4n) is 8.70. The minimum Gasteiger partial charge on any atom is -0.506 e. The second-order valence-corrected chi connectivity index (χ2v) is 15.1. The first-order valence-corrected chi connectivity index (χ1v) is 18.8. The number of anilines is 1. The van der Waals surface area contributed by atoms with E-state index in [2.05, 4.69) is 22.8 Å². The van der Waals surface area contributed by atoms with Crippen molar-refractivity contribution in [1.29, 1.82) is 0 Å². The summed E-state index contributed by atoms with van der Waals surface area (Å²) in [5.74, 6) is 1.41. The summed E-state index contributed by atoms with van der Waals surface area (Å²) in [4.78, 5) is 10.8. The van der Waals surface area contributed by atoms with Crippen molar-refractivity contribution in [2.24, 2.45) is 11.8 Å². The second-order valence-electron chi connectivity index (χ2n) is 15.1. The smallest absolute Gasteiger partial charge is 0.211 e. The summed E-state index contributed by atoms with van der Waals surface area (Å²) in [6.07, 6.45) is 7.45. The summed E-state index contributed by atoms with van der Waals surface area (Å²) in [6.45, 7) is 7.34. The molecule has 1 amide bonds. The number of nitrogens with one attached hydrogen (secondary N) is 2. The number of piperidine rings is 3. The fourth-order valence-corrected chi connectivity index (χ4v) is 8.70. The number of aliphatic hydroxyl groups is 3. The molecule has 3 saturated heterocycles. The van der Waals surface area contributed by atoms with Crippen LogP contribution in [-0.2, 0) is 21.7 Å². The molecule has 4 atom stereocenters. The summed E-state index contributed by atoms with van der Waals surface area (Å²) >= 11 is 0. The van der Waals surface area contributed by atoms with E-state index in [1.54, 1.807) is 12.1 Å². The number of benzene rings is 3. The molecule has 0 radical (unpaired) electrons. The number of amides is 1. The van der Waals surface area contributed by atoms with Crippen LogP contribution in [0.5, 0.6) is 11.5 Å². The number of fused-ring (bicyclic) bond motifs is 3. The number of carbonyl (C=O) groups is 1. The normalized spacial score (nSPS) is 24.2. The average molecular weight is 703 g/mol. The van der Waals surface area contributed by atoms with Gasteiger partial charge in [0.25, 0.3) is 0 Å². The van der Waals surface area contributed by atoms with Crippen LogP contribution in [0.3, 0.4) is 0 Å². The topological polar surface area (TPSA) is 141 Å². The van der Waals surface area contributed by atoms with E-state index in [0.29, 0.717) is 36.9 Å². The molecule has 0 spiro atoms. The van der Waals surface area contributed by atoms with E-state index < -0.39 is 11.7 Å². The van der Waals surface area contributed by atoms with E-state index >= 15 is 0 Å². The van der Waals surface area contributed by atoms with Gasteiger partial charge in [-0.1, -0.05) is 55.3 Å². The van der Waals surface area contributed by atoms with Crippen LogP contribution in [0.2, 0.25) is 0 Å². The molecule has 51 heavy (non-hydrogen) atoms. The van der Waals surface area contributed by atoms with Gasteiger partial charge in [-0.2, -0.15) is 0 Å². The number of nitrogens with zero attached hydrogens (tertiary/aromatic N) is 1. The van der Waals surface area contributed by atoms with Crippen molar-refractivity contribution < 1.29 is 39.2 Å². The molecule has 0 aromatic heterocycles. The zero-order valence-electron chi connectivity index (χ0n) is 29.9. The van der Waals surface area contributed by atoms with Crippen molar-refractivity contribution in [2.75, 3.05) is 51.3 Å². The first-order chi connectivity index (χ1) is 24.7. The van der Waals surface area contributed by atoms with Gasteiger partial charge in [0.2, 0.25) is 6.41 Å². The van der Waals surface area contributed by atoms with E-state index in [-0.39, 0.29) is 42.7 Å². The summed E-state index contributed by atoms with van der Waals surface area (Å²) < 4.78 is 14.0. The van der Waals surface area contributed by atoms with Crippen LogP contribution in [0.25, 0.3) is 0 Å². The van der Waals surface area contributed by atoms with E-state index in [1.165, 1.54) is 18.9 Å². The summed E-state index contributed by atoms with van der Waals surface area (Å²) in [5, 5.41) is 48.6. The Hall–Kier alpha value is -3.51. The van der Waals surface area contributed by atoms with Gasteiger partial charge >= 0.3 is 0 Å². The third-order valence-corrected chi connectivity index (χ3v) is 11.9. The standard InChI is InChI=1S/C41H55N3O7/c1-29(42-24-38(48)32-12-14-37(47)36(23-32)43-28-46)31-13-15-39(33(22-31)26-45)50-21-7-18-44-19-16-30(17-20-44)40(25-44)51-27-41(49,35-10-5-6-11-35)34-8-3-2-4-9-34/h2-4,8-9,12-15,22-23,28-30,35,38,40,42,45,48-49H,5-7,10-11,16-21,24-27H2,1H3,(H-,43,46,47)/p+1/t29-,30?,38-,40-,41?,44?/m0/s1. The van der Waals surface area contributed by atoms with E-state index in [0.717, 1.165) is 79.5 Å². The highest BCUT2D eigenvalue weighted by Gasteiger charge is 2.48. The van der Waals surface area contributed by atoms with Crippen LogP contribution in [0.15, 0.2) is 66.7 Å². The number of ether oxygens (including phenoxy) is 2. The van der Waals surface area contributed by atoms with Crippen LogP contribution in [-0.4, -0.2) is 83.4 Å². The fraction of sp³-hybridized carbons (Fsp3) is 0.537. The molecule has 2 bridgehead atoms. The number of hydrogen-bond acceptors (Lipinski definition) is 8. The molecule has 1 unspecified atom stereocenters. The van der Waals surface area contributed by atoms with Crippen LogP contribution in [0.1, 0.15) is 86.3 Å². The maximum atomic E-state index is 12.0. The number of carbonyl (C=O) groups excluding carboxylic acids is 1. The lowest BCUT2D eigenvalue weighted by Gasteiger charge is -2.53. The number of aliphatic hydroxyl groups excluding tert-OH is 2. The Balaban J connectivity index is 0.988. The largest absolute Gasteiger partial charge is 0.506 e. The molecule has 3 aromatic rings. The van der Waals surface area contributed by atoms with Crippen molar-refractivity contribution in [3.05, 3.63) is 89.0 Å². The molecule has 3 aliphatic heterocycles. The highest BCUT2D eigenvalue weighted by Crippen LogP contribution is 2.43. The van der Waals surface area contributed by atoms with Gasteiger partial charge in [0.05, 0.1) is 51.2 Å². The second kappa shape index (κ2) is 16.9. The zero-order chi connectivity index (χ0) is 35.8. The molecule has 1 aliphatic carbocycles. The molecule has 6 N–H and O–H groups in total. The number of rotatable bonds is 18. The van der Waals surface area contributed by atoms with Crippen LogP contribution in [0, 0.1) is 11.8 Å². The number of hydrogen-bond donors (Lipinski definition) is 6. The molecular weight excluding hydrogens is 646 g/mol. The van der Waals surface area contributed by atoms with E-state index in [4.69, 9.17) is 9.47 Å². The predicted octanol–water partition coefficient (Wildman–Crippen LogP) is 5.31. The molecule has 1 saturated carbocycles. The minimum atomic E-state index is -0.938. The number of phenolic OH excluding ortho intramolecular Hbond substituents is 1. The first-order valence-electron chi connectivity index (χ1n) is 18.8. The van der Waals surface area contributed by atoms with Gasteiger partial charge in [0.1, 0.15) is 29.7 Å². The number of quaternary nitrogens is 1. The lowest BCUT2D eigenvalue weighted by molar-refractivity contribution is -0.946. The van der Waals surface area contributed by atoms with Gasteiger partial charge in [-0.25, -0.2) is 0 Å². The number of phenols is 1. The molecule has 3 aromatic carbocycles. The van der Waals surface area contributed by atoms with Crippen molar-refractivity contribution in [3.63, 3.8) is 0 Å². The highest BCUT2D eigenvalue weighted by molar-refractivity contribution is 5.75. The molecule has 10 nitrogen and oxygen atoms in total. The van der Waals surface area contributed by atoms with Crippen molar-refractivity contribution in [1.82, 2.24) is 5.32 Å². The summed E-state index contributed by atoms with van der Waals surface area (Å²) in [7, 11) is 0. The van der Waals surface area contributed by atoms with Gasteiger partial charge in [-0.3, -0.25) is 4.79 Å². The monoisotopic (exact) mass is 702 g/mol. The van der Waals surface area contributed by atoms with Gasteiger partial charge in [-0.05, 0) is 66.6 Å². The van der Waals surface area contributed by atoms with Crippen molar-refractivity contribution in [3.8, 4) is 11.5 Å². The molecule has 276 valence electrons. The Bertz CT molecular complexity index is 1570. The Labute approximate surface area is 302 Å². The van der Waals surface area contributed by atoms with Crippen molar-refractivity contribution >= 4 is 12.1 Å². The Morgan fingerprint density at radius 1 is 1.00 bits per heavy atom. The third kappa shape index (κ3) is 8.76. The highest BCUT2D eigenvalue weighted by atomic mass is 16.5. The lowest BCUT2D eigenvalue weighted by Crippen LogP contribution is -2.65. The lowest BCUT2D eigenvalue weighted by atomic mass is 9.80.